The van der Waals surface area contributed by atoms with Crippen molar-refractivity contribution >= 4 is 0 Å². The SMILES string of the molecule is CN1C=C(O)CN(C)C1. The smallest absolute Gasteiger partial charge is 0.122 e. The average Bonchev–Trinajstić information content (AvgIpc) is 1.59. The quantitative estimate of drug-likeness (QED) is 0.505. The Kier molecular flexibility index (Phi) is 1.62. The lowest BCUT2D eigenvalue weighted by atomic mass is 10.4. The van der Waals surface area contributed by atoms with E-state index >= 15 is 0 Å². The van der Waals surface area contributed by atoms with Gasteiger partial charge in [-0.05, 0) is 7.05 Å². The van der Waals surface area contributed by atoms with E-state index in [0.717, 1.165) is 6.67 Å². The van der Waals surface area contributed by atoms with Gasteiger partial charge in [0.15, 0.2) is 0 Å². The van der Waals surface area contributed by atoms with Crippen molar-refractivity contribution in [2.45, 2.75) is 0 Å². The van der Waals surface area contributed by atoms with Crippen LogP contribution in [0.1, 0.15) is 0 Å². The third kappa shape index (κ3) is 1.61. The first kappa shape index (κ1) is 6.42. The van der Waals surface area contributed by atoms with Crippen LogP contribution in [-0.2, 0) is 0 Å². The van der Waals surface area contributed by atoms with Gasteiger partial charge in [-0.1, -0.05) is 0 Å². The molecule has 0 atom stereocenters. The predicted molar refractivity (Wildman–Crippen MR) is 36.0 cm³/mol. The molecule has 0 aromatic heterocycles. The fourth-order valence-electron chi connectivity index (χ4n) is 1.04. The average molecular weight is 128 g/mol. The maximum Gasteiger partial charge on any atom is 0.122 e. The molecular formula is C6H12N2O. The summed E-state index contributed by atoms with van der Waals surface area (Å²) in [5.41, 5.74) is 0. The van der Waals surface area contributed by atoms with Gasteiger partial charge in [-0.25, -0.2) is 0 Å². The van der Waals surface area contributed by atoms with Crippen LogP contribution < -0.4 is 0 Å². The molecule has 0 amide bonds. The Bertz CT molecular complexity index is 133. The van der Waals surface area contributed by atoms with E-state index in [4.69, 9.17) is 5.11 Å². The summed E-state index contributed by atoms with van der Waals surface area (Å²) < 4.78 is 0. The van der Waals surface area contributed by atoms with Crippen molar-refractivity contribution in [1.82, 2.24) is 9.80 Å². The Morgan fingerprint density at radius 3 is 2.67 bits per heavy atom. The van der Waals surface area contributed by atoms with E-state index in [2.05, 4.69) is 0 Å². The minimum atomic E-state index is 0.436. The van der Waals surface area contributed by atoms with E-state index in [1.165, 1.54) is 0 Å². The molecule has 0 saturated carbocycles. The van der Waals surface area contributed by atoms with Crippen LogP contribution in [0.3, 0.4) is 0 Å². The number of aliphatic hydroxyl groups excluding tert-OH is 1. The van der Waals surface area contributed by atoms with Crippen molar-refractivity contribution in [1.29, 1.82) is 0 Å². The maximum absolute atomic E-state index is 9.03. The van der Waals surface area contributed by atoms with Gasteiger partial charge in [0.25, 0.3) is 0 Å². The van der Waals surface area contributed by atoms with E-state index < -0.39 is 0 Å². The van der Waals surface area contributed by atoms with Gasteiger partial charge < -0.3 is 10.0 Å². The molecule has 1 rings (SSSR count). The Labute approximate surface area is 55.2 Å². The standard InChI is InChI=1S/C6H12N2O/c1-7-3-6(9)4-8(2)5-7/h3,9H,4-5H2,1-2H3. The monoisotopic (exact) mass is 128 g/mol. The third-order valence-corrected chi connectivity index (χ3v) is 1.27. The van der Waals surface area contributed by atoms with E-state index in [9.17, 15) is 0 Å². The Hall–Kier alpha value is -0.700. The summed E-state index contributed by atoms with van der Waals surface area (Å²) in [6, 6.07) is 0. The fourth-order valence-corrected chi connectivity index (χ4v) is 1.04. The first-order valence-corrected chi connectivity index (χ1v) is 2.97. The van der Waals surface area contributed by atoms with Crippen LogP contribution in [0.2, 0.25) is 0 Å². The lowest BCUT2D eigenvalue weighted by molar-refractivity contribution is 0.179. The van der Waals surface area contributed by atoms with Crippen LogP contribution in [0.15, 0.2) is 12.0 Å². The summed E-state index contributed by atoms with van der Waals surface area (Å²) in [5, 5.41) is 9.03. The lowest BCUT2D eigenvalue weighted by Crippen LogP contribution is -2.35. The molecule has 0 aromatic rings. The molecule has 3 heteroatoms. The fraction of sp³-hybridized carbons (Fsp3) is 0.667. The molecule has 0 bridgehead atoms. The molecule has 0 spiro atoms. The molecule has 1 heterocycles. The zero-order valence-corrected chi connectivity index (χ0v) is 5.83. The van der Waals surface area contributed by atoms with Crippen LogP contribution in [0.4, 0.5) is 0 Å². The largest absolute Gasteiger partial charge is 0.509 e. The number of nitrogens with zero attached hydrogens (tertiary/aromatic N) is 2. The summed E-state index contributed by atoms with van der Waals surface area (Å²) in [7, 11) is 3.91. The molecule has 1 aliphatic rings. The Morgan fingerprint density at radius 1 is 1.56 bits per heavy atom. The van der Waals surface area contributed by atoms with E-state index in [-0.39, 0.29) is 0 Å². The molecule has 0 aliphatic carbocycles. The molecule has 1 aliphatic heterocycles. The molecule has 1 N–H and O–H groups in total. The van der Waals surface area contributed by atoms with Crippen molar-refractivity contribution in [3.05, 3.63) is 12.0 Å². The molecular weight excluding hydrogens is 116 g/mol. The molecule has 0 saturated heterocycles. The van der Waals surface area contributed by atoms with Gasteiger partial charge in [0, 0.05) is 13.2 Å². The number of aliphatic hydroxyl groups is 1. The second-order valence-electron chi connectivity index (χ2n) is 2.53. The van der Waals surface area contributed by atoms with Crippen molar-refractivity contribution in [2.24, 2.45) is 0 Å². The normalized spacial score (nSPS) is 22.0. The van der Waals surface area contributed by atoms with Crippen molar-refractivity contribution < 1.29 is 5.11 Å². The van der Waals surface area contributed by atoms with Crippen molar-refractivity contribution in [3.8, 4) is 0 Å². The first-order valence-electron chi connectivity index (χ1n) is 2.97. The van der Waals surface area contributed by atoms with Crippen molar-refractivity contribution in [3.63, 3.8) is 0 Å². The second-order valence-corrected chi connectivity index (χ2v) is 2.53. The molecule has 0 unspecified atom stereocenters. The number of rotatable bonds is 0. The van der Waals surface area contributed by atoms with Gasteiger partial charge >= 0.3 is 0 Å². The minimum Gasteiger partial charge on any atom is -0.509 e. The lowest BCUT2D eigenvalue weighted by Gasteiger charge is -2.27. The van der Waals surface area contributed by atoms with E-state index in [1.54, 1.807) is 6.20 Å². The predicted octanol–water partition coefficient (Wildman–Crippen LogP) is 0.221. The minimum absolute atomic E-state index is 0.436. The number of hydrogen-bond acceptors (Lipinski definition) is 3. The van der Waals surface area contributed by atoms with Gasteiger partial charge in [-0.3, -0.25) is 4.90 Å². The number of hydrogen-bond donors (Lipinski definition) is 1. The Morgan fingerprint density at radius 2 is 2.22 bits per heavy atom. The topological polar surface area (TPSA) is 26.7 Å². The summed E-state index contributed by atoms with van der Waals surface area (Å²) in [5.74, 6) is 0.436. The molecule has 0 aromatic carbocycles. The highest BCUT2D eigenvalue weighted by Crippen LogP contribution is 2.02. The summed E-state index contributed by atoms with van der Waals surface area (Å²) in [6.07, 6.45) is 1.75. The van der Waals surface area contributed by atoms with Crippen LogP contribution >= 0.6 is 0 Å². The summed E-state index contributed by atoms with van der Waals surface area (Å²) in [6.45, 7) is 1.56. The van der Waals surface area contributed by atoms with Gasteiger partial charge in [-0.15, -0.1) is 0 Å². The number of likely N-dealkylation sites (N-methyl/N-ethyl adjacent to an activating group) is 1. The van der Waals surface area contributed by atoms with Crippen LogP contribution in [0.5, 0.6) is 0 Å². The third-order valence-electron chi connectivity index (χ3n) is 1.27. The summed E-state index contributed by atoms with van der Waals surface area (Å²) in [4.78, 5) is 3.98. The van der Waals surface area contributed by atoms with E-state index in [0.29, 0.717) is 12.3 Å². The first-order chi connectivity index (χ1) is 4.18. The van der Waals surface area contributed by atoms with Crippen LogP contribution in [-0.4, -0.2) is 42.2 Å². The van der Waals surface area contributed by atoms with Gasteiger partial charge in [0.1, 0.15) is 5.76 Å². The molecule has 0 fully saturated rings. The highest BCUT2D eigenvalue weighted by molar-refractivity contribution is 4.95. The maximum atomic E-state index is 9.03. The highest BCUT2D eigenvalue weighted by Gasteiger charge is 2.08. The van der Waals surface area contributed by atoms with Crippen LogP contribution in [0.25, 0.3) is 0 Å². The second kappa shape index (κ2) is 2.27. The zero-order valence-electron chi connectivity index (χ0n) is 5.83. The zero-order chi connectivity index (χ0) is 6.85. The summed E-state index contributed by atoms with van der Waals surface area (Å²) >= 11 is 0. The van der Waals surface area contributed by atoms with Gasteiger partial charge in [0.05, 0.1) is 13.2 Å². The molecule has 3 nitrogen and oxygen atoms in total. The van der Waals surface area contributed by atoms with Gasteiger partial charge in [-0.2, -0.15) is 0 Å². The Balaban J connectivity index is 2.56. The van der Waals surface area contributed by atoms with Gasteiger partial charge in [0.2, 0.25) is 0 Å². The van der Waals surface area contributed by atoms with Crippen LogP contribution in [0, 0.1) is 0 Å². The highest BCUT2D eigenvalue weighted by atomic mass is 16.3. The molecule has 9 heavy (non-hydrogen) atoms. The molecule has 52 valence electrons. The van der Waals surface area contributed by atoms with Crippen molar-refractivity contribution in [2.75, 3.05) is 27.3 Å². The molecule has 0 radical (unpaired) electrons. The van der Waals surface area contributed by atoms with E-state index in [1.807, 2.05) is 23.9 Å².